The molecule has 3 fully saturated rings. The molecule has 5 aliphatic rings. The van der Waals surface area contributed by atoms with E-state index >= 15 is 0 Å². The summed E-state index contributed by atoms with van der Waals surface area (Å²) in [5.41, 5.74) is 9.95. The number of amides is 1. The number of likely N-dealkylation sites (tertiary alicyclic amines) is 2. The van der Waals surface area contributed by atoms with Crippen LogP contribution >= 0.6 is 23.2 Å². The maximum absolute atomic E-state index is 11.9. The summed E-state index contributed by atoms with van der Waals surface area (Å²) in [6, 6.07) is 17.1. The number of benzene rings is 2. The van der Waals surface area contributed by atoms with E-state index in [2.05, 4.69) is 34.2 Å². The quantitative estimate of drug-likeness (QED) is 0.198. The van der Waals surface area contributed by atoms with Crippen LogP contribution in [0.15, 0.2) is 48.5 Å². The zero-order chi connectivity index (χ0) is 35.0. The summed E-state index contributed by atoms with van der Waals surface area (Å²) in [4.78, 5) is 27.1. The number of pyridine rings is 2. The van der Waals surface area contributed by atoms with Gasteiger partial charge >= 0.3 is 0 Å². The lowest BCUT2D eigenvalue weighted by Crippen LogP contribution is -2.58. The minimum absolute atomic E-state index is 0.0745. The van der Waals surface area contributed by atoms with Crippen LogP contribution in [0.25, 0.3) is 33.6 Å². The van der Waals surface area contributed by atoms with Crippen molar-refractivity contribution in [1.82, 2.24) is 25.1 Å². The van der Waals surface area contributed by atoms with Crippen LogP contribution in [0.4, 0.5) is 0 Å². The highest BCUT2D eigenvalue weighted by molar-refractivity contribution is 6.39. The number of fused-ring (bicyclic) bond motifs is 2. The molecule has 3 saturated heterocycles. The van der Waals surface area contributed by atoms with Crippen molar-refractivity contribution in [2.45, 2.75) is 57.5 Å². The molecule has 1 N–H and O–H groups in total. The van der Waals surface area contributed by atoms with Gasteiger partial charge in [-0.3, -0.25) is 14.6 Å². The maximum atomic E-state index is 11.9. The molecule has 4 aromatic rings. The number of aromatic nitrogens is 2. The lowest BCUT2D eigenvalue weighted by atomic mass is 9.77. The summed E-state index contributed by atoms with van der Waals surface area (Å²) in [6.45, 7) is 7.18. The Kier molecular flexibility index (Phi) is 8.30. The molecule has 3 aliphatic heterocycles. The highest BCUT2D eigenvalue weighted by atomic mass is 35.5. The van der Waals surface area contributed by atoms with Gasteiger partial charge in [-0.1, -0.05) is 72.9 Å². The molecule has 2 atom stereocenters. The van der Waals surface area contributed by atoms with Crippen LogP contribution < -0.4 is 14.8 Å². The molecule has 0 bridgehead atoms. The number of carbonyl (C=O) groups is 1. The van der Waals surface area contributed by atoms with Gasteiger partial charge in [0.05, 0.1) is 35.7 Å². The summed E-state index contributed by atoms with van der Waals surface area (Å²) in [7, 11) is 3.41. The van der Waals surface area contributed by atoms with Gasteiger partial charge in [0.1, 0.15) is 0 Å². The van der Waals surface area contributed by atoms with Gasteiger partial charge in [-0.15, -0.1) is 0 Å². The van der Waals surface area contributed by atoms with E-state index in [1.54, 1.807) is 14.2 Å². The van der Waals surface area contributed by atoms with Gasteiger partial charge < -0.3 is 14.8 Å². The van der Waals surface area contributed by atoms with Gasteiger partial charge in [0, 0.05) is 90.0 Å². The summed E-state index contributed by atoms with van der Waals surface area (Å²) >= 11 is 14.5. The Hall–Kier alpha value is -3.69. The molecule has 8 nitrogen and oxygen atoms in total. The average Bonchev–Trinajstić information content (AvgIpc) is 3.84. The topological polar surface area (TPSA) is 79.8 Å². The van der Waals surface area contributed by atoms with Crippen molar-refractivity contribution in [2.75, 3.05) is 46.9 Å². The fourth-order valence-corrected chi connectivity index (χ4v) is 10.1. The number of nitrogens with zero attached hydrogens (tertiary/aromatic N) is 4. The predicted molar refractivity (Wildman–Crippen MR) is 201 cm³/mol. The lowest BCUT2D eigenvalue weighted by molar-refractivity contribution is -0.121. The third kappa shape index (κ3) is 5.44. The number of rotatable bonds is 8. The van der Waals surface area contributed by atoms with E-state index in [-0.39, 0.29) is 17.4 Å². The molecule has 2 aliphatic carbocycles. The number of hydrogen-bond acceptors (Lipinski definition) is 7. The Balaban J connectivity index is 1.02. The Labute approximate surface area is 309 Å². The third-order valence-electron chi connectivity index (χ3n) is 12.2. The number of halogens is 2. The number of ether oxygens (including phenoxy) is 2. The van der Waals surface area contributed by atoms with Crippen molar-refractivity contribution < 1.29 is 14.3 Å². The zero-order valence-electron chi connectivity index (χ0n) is 29.4. The summed E-state index contributed by atoms with van der Waals surface area (Å²) in [5, 5.41) is 4.21. The molecular weight excluding hydrogens is 681 g/mol. The van der Waals surface area contributed by atoms with E-state index in [0.29, 0.717) is 34.3 Å². The van der Waals surface area contributed by atoms with Crippen LogP contribution in [0.2, 0.25) is 10.0 Å². The van der Waals surface area contributed by atoms with E-state index in [0.717, 1.165) is 104 Å². The summed E-state index contributed by atoms with van der Waals surface area (Å²) in [6.07, 6.45) is 5.88. The fourth-order valence-electron chi connectivity index (χ4n) is 9.49. The van der Waals surface area contributed by atoms with Crippen molar-refractivity contribution in [2.24, 2.45) is 11.3 Å². The number of nitrogens with one attached hydrogen (secondary N) is 1. The largest absolute Gasteiger partial charge is 0.481 e. The standard InChI is InChI=1S/C41H43Cl2N5O3/c1-4-23-18-47(19-23)32-13-11-24-15-30(45-39(50-2)35(24)32)28-9-5-7-26(37(28)42)27-8-6-10-29(38(27)43)31-16-25-12-14-33(36(25)40(46-31)51-3)48-21-41(22-48)17-34(49)44-20-41/h5-10,15-16,23,32-33H,4,11-14,17-22H2,1-3H3,(H,44,49)/t32-,33-/m1/s1. The van der Waals surface area contributed by atoms with Gasteiger partial charge in [-0.2, -0.15) is 0 Å². The molecule has 5 heterocycles. The van der Waals surface area contributed by atoms with E-state index in [4.69, 9.17) is 42.6 Å². The average molecular weight is 725 g/mol. The van der Waals surface area contributed by atoms with Crippen LogP contribution in [0.1, 0.15) is 66.9 Å². The van der Waals surface area contributed by atoms with Crippen molar-refractivity contribution in [1.29, 1.82) is 0 Å². The van der Waals surface area contributed by atoms with Gasteiger partial charge in [-0.05, 0) is 54.9 Å². The first kappa shape index (κ1) is 33.2. The molecule has 0 radical (unpaired) electrons. The van der Waals surface area contributed by atoms with Gasteiger partial charge in [-0.25, -0.2) is 9.97 Å². The third-order valence-corrected chi connectivity index (χ3v) is 13.0. The van der Waals surface area contributed by atoms with Crippen molar-refractivity contribution in [3.8, 4) is 45.4 Å². The van der Waals surface area contributed by atoms with E-state index < -0.39 is 0 Å². The lowest BCUT2D eigenvalue weighted by Gasteiger charge is -2.50. The van der Waals surface area contributed by atoms with Crippen molar-refractivity contribution in [3.05, 3.63) is 80.8 Å². The number of carbonyl (C=O) groups excluding carboxylic acids is 1. The van der Waals surface area contributed by atoms with Gasteiger partial charge in [0.15, 0.2) is 0 Å². The summed E-state index contributed by atoms with van der Waals surface area (Å²) < 4.78 is 11.9. The first-order chi connectivity index (χ1) is 24.8. The van der Waals surface area contributed by atoms with Crippen LogP contribution in [0.3, 0.4) is 0 Å². The van der Waals surface area contributed by atoms with Crippen LogP contribution in [-0.4, -0.2) is 72.6 Å². The Morgan fingerprint density at radius 2 is 1.31 bits per heavy atom. The minimum Gasteiger partial charge on any atom is -0.481 e. The maximum Gasteiger partial charge on any atom is 0.220 e. The van der Waals surface area contributed by atoms with Crippen LogP contribution in [0.5, 0.6) is 11.8 Å². The molecule has 264 valence electrons. The van der Waals surface area contributed by atoms with Crippen molar-refractivity contribution in [3.63, 3.8) is 0 Å². The van der Waals surface area contributed by atoms with E-state index in [1.807, 2.05) is 36.4 Å². The van der Waals surface area contributed by atoms with Crippen LogP contribution in [-0.2, 0) is 17.6 Å². The molecule has 51 heavy (non-hydrogen) atoms. The minimum atomic E-state index is 0.0745. The smallest absolute Gasteiger partial charge is 0.220 e. The number of aryl methyl sites for hydroxylation is 2. The number of methoxy groups -OCH3 is 2. The Morgan fingerprint density at radius 1 is 0.804 bits per heavy atom. The second-order valence-corrected chi connectivity index (χ2v) is 16.0. The van der Waals surface area contributed by atoms with Crippen LogP contribution in [0, 0.1) is 11.3 Å². The normalized spacial score (nSPS) is 22.4. The highest BCUT2D eigenvalue weighted by Crippen LogP contribution is 2.50. The Bertz CT molecular complexity index is 2060. The molecular formula is C41H43Cl2N5O3. The second kappa shape index (κ2) is 12.8. The second-order valence-electron chi connectivity index (χ2n) is 15.2. The molecule has 0 saturated carbocycles. The molecule has 1 spiro atoms. The molecule has 1 amide bonds. The molecule has 0 unspecified atom stereocenters. The molecule has 10 heteroatoms. The zero-order valence-corrected chi connectivity index (χ0v) is 30.9. The van der Waals surface area contributed by atoms with E-state index in [1.165, 1.54) is 23.1 Å². The highest BCUT2D eigenvalue weighted by Gasteiger charge is 2.51. The molecule has 2 aromatic heterocycles. The fraction of sp³-hybridized carbons (Fsp3) is 0.439. The number of hydrogen-bond donors (Lipinski definition) is 1. The van der Waals surface area contributed by atoms with Gasteiger partial charge in [0.2, 0.25) is 17.7 Å². The SMILES string of the molecule is CCC1CN([C@@H]2CCc3cc(-c4cccc(-c5cccc(-c6cc7c(c(OC)n6)[C@H](N6CC8(CNC(=O)C8)C6)CC7)c5Cl)c4Cl)nc(OC)c32)C1. The predicted octanol–water partition coefficient (Wildman–Crippen LogP) is 7.94. The summed E-state index contributed by atoms with van der Waals surface area (Å²) in [5.74, 6) is 2.30. The first-order valence-corrected chi connectivity index (χ1v) is 19.0. The van der Waals surface area contributed by atoms with Crippen molar-refractivity contribution >= 4 is 29.1 Å². The molecule has 2 aromatic carbocycles. The Morgan fingerprint density at radius 3 is 1.78 bits per heavy atom. The molecule has 9 rings (SSSR count). The first-order valence-electron chi connectivity index (χ1n) is 18.3. The van der Waals surface area contributed by atoms with Gasteiger partial charge in [0.25, 0.3) is 0 Å². The van der Waals surface area contributed by atoms with E-state index in [9.17, 15) is 4.79 Å². The monoisotopic (exact) mass is 723 g/mol.